The fraction of sp³-hybridized carbons (Fsp3) is 0.486. The van der Waals surface area contributed by atoms with Crippen LogP contribution in [0.5, 0.6) is 0 Å². The van der Waals surface area contributed by atoms with Gasteiger partial charge in [0.25, 0.3) is 0 Å². The highest BCUT2D eigenvalue weighted by Crippen LogP contribution is 2.43. The Hall–Kier alpha value is -5.05. The maximum absolute atomic E-state index is 13.9. The molecule has 2 aliphatic rings. The largest absolute Gasteiger partial charge is 0.449 e. The topological polar surface area (TPSA) is 123 Å². The molecule has 1 amide bonds. The fourth-order valence-electron chi connectivity index (χ4n) is 6.64. The van der Waals surface area contributed by atoms with E-state index >= 15 is 0 Å². The molecule has 302 valence electrons. The lowest BCUT2D eigenvalue weighted by molar-refractivity contribution is -0.143. The van der Waals surface area contributed by atoms with E-state index in [0.717, 1.165) is 12.1 Å². The Labute approximate surface area is 314 Å². The van der Waals surface area contributed by atoms with Gasteiger partial charge in [-0.15, -0.1) is 10.2 Å². The van der Waals surface area contributed by atoms with Crippen molar-refractivity contribution in [2.45, 2.75) is 70.3 Å². The van der Waals surface area contributed by atoms with E-state index in [0.29, 0.717) is 57.9 Å². The first-order valence-corrected chi connectivity index (χ1v) is 17.6. The number of anilines is 2. The normalized spacial score (nSPS) is 18.2. The van der Waals surface area contributed by atoms with Gasteiger partial charge in [0.05, 0.1) is 66.0 Å². The molecule has 2 aromatic carbocycles. The summed E-state index contributed by atoms with van der Waals surface area (Å²) in [5, 5.41) is 15.5. The van der Waals surface area contributed by atoms with Crippen LogP contribution >= 0.6 is 0 Å². The number of benzene rings is 2. The Morgan fingerprint density at radius 1 is 0.911 bits per heavy atom. The van der Waals surface area contributed by atoms with Gasteiger partial charge in [0.1, 0.15) is 0 Å². The highest BCUT2D eigenvalue weighted by molar-refractivity contribution is 5.90. The van der Waals surface area contributed by atoms with Gasteiger partial charge in [-0.1, -0.05) is 6.92 Å². The third-order valence-corrected chi connectivity index (χ3v) is 9.40. The highest BCUT2D eigenvalue weighted by Gasteiger charge is 2.40. The molecule has 0 spiro atoms. The van der Waals surface area contributed by atoms with Crippen molar-refractivity contribution in [2.24, 2.45) is 0 Å². The number of halogens is 9. The monoisotopic (exact) mass is 801 g/mol. The van der Waals surface area contributed by atoms with E-state index in [2.05, 4.69) is 35.6 Å². The molecule has 1 N–H and O–H groups in total. The average Bonchev–Trinajstić information content (AvgIpc) is 3.62. The first-order chi connectivity index (χ1) is 26.4. The lowest BCUT2D eigenvalue weighted by Gasteiger charge is -2.40. The molecular formula is C35H36F9N9O3. The van der Waals surface area contributed by atoms with Crippen molar-refractivity contribution >= 4 is 17.7 Å². The molecule has 4 aromatic rings. The zero-order valence-electron chi connectivity index (χ0n) is 30.0. The van der Waals surface area contributed by atoms with Crippen LogP contribution in [0.25, 0.3) is 11.4 Å². The van der Waals surface area contributed by atoms with Gasteiger partial charge in [0.15, 0.2) is 0 Å². The van der Waals surface area contributed by atoms with Gasteiger partial charge >= 0.3 is 24.6 Å². The minimum Gasteiger partial charge on any atom is -0.449 e. The van der Waals surface area contributed by atoms with Gasteiger partial charge in [0.2, 0.25) is 11.8 Å². The number of carbonyl (C=O) groups excluding carboxylic acids is 1. The van der Waals surface area contributed by atoms with Crippen LogP contribution in [0.1, 0.15) is 66.2 Å². The number of nitrogens with one attached hydrogen (secondary N) is 1. The number of morpholine rings is 1. The molecule has 2 aromatic heterocycles. The SMILES string of the molecule is CCOC(=O)N1c2ccc(C(F)(F)F)cc2[C@@H](Nc2ncc(-c3nnn(CCN4CCOCC4)n3)c(Cc3cc(C(F)(F)F)cc(C(F)(F)F)c3)n2)C[C@H]1CC. The number of nitrogens with zero attached hydrogens (tertiary/aromatic N) is 8. The first kappa shape index (κ1) is 40.6. The molecule has 2 atom stereocenters. The smallest absolute Gasteiger partial charge is 0.416 e. The van der Waals surface area contributed by atoms with Crippen LogP contribution in [0.4, 0.5) is 55.9 Å². The standard InChI is InChI=1S/C35H36F9N9O3/c1-3-24-18-28(25-17-21(33(36,37)38)5-6-29(25)53(24)32(54)56-4-2)47-31-45-19-26(30-48-50-52(49-30)8-7-51-9-11-55-12-10-51)27(46-31)15-20-13-22(34(39,40)41)16-23(14-20)35(42,43)44/h5-6,13-14,16-17,19,24,28H,3-4,7-12,15,18H2,1-2H3,(H,45,46,47)/t24-,28+/m1/s1. The molecule has 0 saturated carbocycles. The highest BCUT2D eigenvalue weighted by atomic mass is 19.4. The molecule has 0 aliphatic carbocycles. The molecule has 1 saturated heterocycles. The molecule has 1 fully saturated rings. The lowest BCUT2D eigenvalue weighted by Crippen LogP contribution is -2.46. The van der Waals surface area contributed by atoms with E-state index in [1.165, 1.54) is 22.0 Å². The van der Waals surface area contributed by atoms with Gasteiger partial charge < -0.3 is 14.8 Å². The van der Waals surface area contributed by atoms with E-state index in [4.69, 9.17) is 9.47 Å². The number of aromatic nitrogens is 6. The number of rotatable bonds is 10. The summed E-state index contributed by atoms with van der Waals surface area (Å²) in [5.41, 5.74) is -4.29. The molecule has 21 heteroatoms. The summed E-state index contributed by atoms with van der Waals surface area (Å²) in [6, 6.07) is 2.57. The number of amides is 1. The summed E-state index contributed by atoms with van der Waals surface area (Å²) < 4.78 is 135. The maximum atomic E-state index is 13.9. The van der Waals surface area contributed by atoms with Gasteiger partial charge in [-0.3, -0.25) is 9.80 Å². The molecule has 4 heterocycles. The van der Waals surface area contributed by atoms with Crippen molar-refractivity contribution < 1.29 is 53.8 Å². The lowest BCUT2D eigenvalue weighted by atomic mass is 9.89. The molecule has 0 bridgehead atoms. The second-order valence-corrected chi connectivity index (χ2v) is 13.1. The number of fused-ring (bicyclic) bond motifs is 1. The summed E-state index contributed by atoms with van der Waals surface area (Å²) in [6.07, 6.45) is -14.7. The van der Waals surface area contributed by atoms with Crippen LogP contribution in [-0.4, -0.2) is 86.7 Å². The summed E-state index contributed by atoms with van der Waals surface area (Å²) >= 11 is 0. The summed E-state index contributed by atoms with van der Waals surface area (Å²) in [5.74, 6) is -0.273. The molecular weight excluding hydrogens is 765 g/mol. The number of alkyl halides is 9. The van der Waals surface area contributed by atoms with Crippen LogP contribution in [0.15, 0.2) is 42.6 Å². The third kappa shape index (κ3) is 9.31. The molecule has 2 aliphatic heterocycles. The zero-order chi connectivity index (χ0) is 40.4. The second kappa shape index (κ2) is 16.2. The van der Waals surface area contributed by atoms with Gasteiger partial charge in [-0.25, -0.2) is 14.8 Å². The predicted octanol–water partition coefficient (Wildman–Crippen LogP) is 7.41. The Balaban J connectivity index is 1.40. The van der Waals surface area contributed by atoms with Crippen molar-refractivity contribution in [3.63, 3.8) is 0 Å². The minimum absolute atomic E-state index is 0.0123. The summed E-state index contributed by atoms with van der Waals surface area (Å²) in [4.78, 5) is 26.5. The second-order valence-electron chi connectivity index (χ2n) is 13.1. The number of hydrogen-bond donors (Lipinski definition) is 1. The molecule has 0 unspecified atom stereocenters. The Kier molecular flexibility index (Phi) is 11.7. The quantitative estimate of drug-likeness (QED) is 0.162. The van der Waals surface area contributed by atoms with E-state index in [1.807, 2.05) is 0 Å². The van der Waals surface area contributed by atoms with Crippen molar-refractivity contribution in [2.75, 3.05) is 49.7 Å². The molecule has 56 heavy (non-hydrogen) atoms. The van der Waals surface area contributed by atoms with Crippen LogP contribution in [0.3, 0.4) is 0 Å². The van der Waals surface area contributed by atoms with Gasteiger partial charge in [0, 0.05) is 38.3 Å². The van der Waals surface area contributed by atoms with Crippen LogP contribution in [0, 0.1) is 0 Å². The van der Waals surface area contributed by atoms with Crippen LogP contribution in [0.2, 0.25) is 0 Å². The van der Waals surface area contributed by atoms with Gasteiger partial charge in [-0.2, -0.15) is 44.3 Å². The minimum atomic E-state index is -5.11. The van der Waals surface area contributed by atoms with Gasteiger partial charge in [-0.05, 0) is 72.5 Å². The van der Waals surface area contributed by atoms with Crippen molar-refractivity contribution in [3.05, 3.63) is 76.1 Å². The molecule has 0 radical (unpaired) electrons. The maximum Gasteiger partial charge on any atom is 0.416 e. The van der Waals surface area contributed by atoms with E-state index in [9.17, 15) is 44.3 Å². The fourth-order valence-corrected chi connectivity index (χ4v) is 6.64. The predicted molar refractivity (Wildman–Crippen MR) is 181 cm³/mol. The van der Waals surface area contributed by atoms with Crippen molar-refractivity contribution in [1.29, 1.82) is 0 Å². The number of tetrazole rings is 1. The van der Waals surface area contributed by atoms with Crippen LogP contribution in [-0.2, 0) is 41.0 Å². The first-order valence-electron chi connectivity index (χ1n) is 17.6. The summed E-state index contributed by atoms with van der Waals surface area (Å²) in [6.45, 7) is 6.71. The molecule has 6 rings (SSSR count). The van der Waals surface area contributed by atoms with E-state index in [-0.39, 0.29) is 53.4 Å². The molecule has 12 nitrogen and oxygen atoms in total. The zero-order valence-corrected chi connectivity index (χ0v) is 30.0. The van der Waals surface area contributed by atoms with E-state index in [1.54, 1.807) is 13.8 Å². The number of hydrogen-bond acceptors (Lipinski definition) is 10. The number of ether oxygens (including phenoxy) is 2. The number of carbonyl (C=O) groups is 1. The summed E-state index contributed by atoms with van der Waals surface area (Å²) in [7, 11) is 0. The average molecular weight is 802 g/mol. The van der Waals surface area contributed by atoms with Crippen LogP contribution < -0.4 is 10.2 Å². The Morgan fingerprint density at radius 3 is 2.21 bits per heavy atom. The van der Waals surface area contributed by atoms with Crippen molar-refractivity contribution in [3.8, 4) is 11.4 Å². The third-order valence-electron chi connectivity index (χ3n) is 9.40. The Bertz CT molecular complexity index is 1980. The van der Waals surface area contributed by atoms with Crippen molar-refractivity contribution in [1.82, 2.24) is 35.1 Å². The Morgan fingerprint density at radius 2 is 1.59 bits per heavy atom. The van der Waals surface area contributed by atoms with E-state index < -0.39 is 65.4 Å².